The van der Waals surface area contributed by atoms with Gasteiger partial charge in [0.05, 0.1) is 24.6 Å². The molecule has 0 aliphatic carbocycles. The maximum atomic E-state index is 12.3. The Bertz CT molecular complexity index is 1020. The number of H-pyrrole nitrogens is 1. The lowest BCUT2D eigenvalue weighted by molar-refractivity contribution is 0.119. The summed E-state index contributed by atoms with van der Waals surface area (Å²) >= 11 is 0. The summed E-state index contributed by atoms with van der Waals surface area (Å²) in [5, 5.41) is 0.642. The molecule has 6 nitrogen and oxygen atoms in total. The van der Waals surface area contributed by atoms with Crippen molar-refractivity contribution in [2.75, 3.05) is 33.3 Å². The molecule has 0 saturated carbocycles. The van der Waals surface area contributed by atoms with Gasteiger partial charge in [-0.3, -0.25) is 14.6 Å². The van der Waals surface area contributed by atoms with Crippen molar-refractivity contribution in [2.24, 2.45) is 0 Å². The van der Waals surface area contributed by atoms with Gasteiger partial charge in [0.25, 0.3) is 5.56 Å². The Hall–Kier alpha value is -2.70. The van der Waals surface area contributed by atoms with Gasteiger partial charge in [-0.2, -0.15) is 0 Å². The summed E-state index contributed by atoms with van der Waals surface area (Å²) in [6, 6.07) is 13.8. The minimum Gasteiger partial charge on any atom is -0.496 e. The van der Waals surface area contributed by atoms with Gasteiger partial charge >= 0.3 is 0 Å². The predicted octanol–water partition coefficient (Wildman–Crippen LogP) is 2.56. The van der Waals surface area contributed by atoms with Crippen molar-refractivity contribution in [2.45, 2.75) is 20.0 Å². The van der Waals surface area contributed by atoms with Crippen LogP contribution in [0.3, 0.4) is 0 Å². The summed E-state index contributed by atoms with van der Waals surface area (Å²) in [6.07, 6.45) is 0. The van der Waals surface area contributed by atoms with Gasteiger partial charge in [-0.05, 0) is 25.1 Å². The van der Waals surface area contributed by atoms with Crippen molar-refractivity contribution in [3.8, 4) is 5.75 Å². The number of aromatic nitrogens is 2. The van der Waals surface area contributed by atoms with Gasteiger partial charge in [-0.25, -0.2) is 4.98 Å². The van der Waals surface area contributed by atoms with Crippen LogP contribution < -0.4 is 10.3 Å². The first-order chi connectivity index (χ1) is 13.6. The molecule has 1 saturated heterocycles. The van der Waals surface area contributed by atoms with Crippen LogP contribution in [0, 0.1) is 6.92 Å². The average molecular weight is 378 g/mol. The molecule has 0 amide bonds. The summed E-state index contributed by atoms with van der Waals surface area (Å²) in [4.78, 5) is 24.6. The van der Waals surface area contributed by atoms with Crippen LogP contribution in [0.4, 0.5) is 0 Å². The van der Waals surface area contributed by atoms with Gasteiger partial charge in [0, 0.05) is 38.3 Å². The number of ether oxygens (including phenoxy) is 1. The molecule has 3 aromatic rings. The fourth-order valence-electron chi connectivity index (χ4n) is 3.80. The zero-order valence-electron chi connectivity index (χ0n) is 16.4. The van der Waals surface area contributed by atoms with Crippen molar-refractivity contribution in [1.82, 2.24) is 19.8 Å². The number of fused-ring (bicyclic) bond motifs is 1. The molecule has 146 valence electrons. The average Bonchev–Trinajstić information content (AvgIpc) is 2.70. The van der Waals surface area contributed by atoms with E-state index >= 15 is 0 Å². The Kier molecular flexibility index (Phi) is 5.41. The zero-order chi connectivity index (χ0) is 19.5. The summed E-state index contributed by atoms with van der Waals surface area (Å²) in [5.74, 6) is 1.68. The molecular weight excluding hydrogens is 352 g/mol. The molecule has 28 heavy (non-hydrogen) atoms. The van der Waals surface area contributed by atoms with Crippen LogP contribution in [0.15, 0.2) is 47.3 Å². The molecule has 0 atom stereocenters. The standard InChI is InChI=1S/C22H26N4O2/c1-16-7-8-20(28-2)17(13-16)14-25-9-11-26(12-10-25)15-21-23-19-6-4-3-5-18(19)22(27)24-21/h3-8,13H,9-12,14-15H2,1-2H3,(H,23,24,27). The van der Waals surface area contributed by atoms with Crippen molar-refractivity contribution in [3.05, 3.63) is 69.8 Å². The third-order valence-electron chi connectivity index (χ3n) is 5.33. The molecule has 1 N–H and O–H groups in total. The number of rotatable bonds is 5. The van der Waals surface area contributed by atoms with Crippen LogP contribution in [0.25, 0.3) is 10.9 Å². The molecule has 1 aliphatic heterocycles. The molecule has 1 aliphatic rings. The highest BCUT2D eigenvalue weighted by molar-refractivity contribution is 5.77. The number of benzene rings is 2. The highest BCUT2D eigenvalue weighted by Gasteiger charge is 2.19. The SMILES string of the molecule is COc1ccc(C)cc1CN1CCN(Cc2nc3ccccc3c(=O)[nH]2)CC1. The second kappa shape index (κ2) is 8.12. The topological polar surface area (TPSA) is 61.5 Å². The van der Waals surface area contributed by atoms with Crippen LogP contribution >= 0.6 is 0 Å². The van der Waals surface area contributed by atoms with E-state index in [-0.39, 0.29) is 5.56 Å². The van der Waals surface area contributed by atoms with E-state index < -0.39 is 0 Å². The summed E-state index contributed by atoms with van der Waals surface area (Å²) in [7, 11) is 1.73. The number of hydrogen-bond donors (Lipinski definition) is 1. The molecule has 1 aromatic heterocycles. The molecule has 2 aromatic carbocycles. The predicted molar refractivity (Wildman–Crippen MR) is 111 cm³/mol. The van der Waals surface area contributed by atoms with E-state index in [2.05, 4.69) is 38.8 Å². The van der Waals surface area contributed by atoms with E-state index in [0.29, 0.717) is 11.9 Å². The summed E-state index contributed by atoms with van der Waals surface area (Å²) in [6.45, 7) is 7.53. The Morgan fingerprint density at radius 2 is 1.75 bits per heavy atom. The summed E-state index contributed by atoms with van der Waals surface area (Å²) < 4.78 is 5.51. The smallest absolute Gasteiger partial charge is 0.258 e. The Labute approximate surface area is 164 Å². The number of hydrogen-bond acceptors (Lipinski definition) is 5. The molecule has 6 heteroatoms. The van der Waals surface area contributed by atoms with Crippen molar-refractivity contribution >= 4 is 10.9 Å². The normalized spacial score (nSPS) is 15.8. The molecule has 0 unspecified atom stereocenters. The van der Waals surface area contributed by atoms with Gasteiger partial charge in [-0.1, -0.05) is 29.8 Å². The maximum absolute atomic E-state index is 12.3. The number of nitrogens with zero attached hydrogens (tertiary/aromatic N) is 3. The fraction of sp³-hybridized carbons (Fsp3) is 0.364. The van der Waals surface area contributed by atoms with E-state index in [4.69, 9.17) is 4.74 Å². The maximum Gasteiger partial charge on any atom is 0.258 e. The van der Waals surface area contributed by atoms with Gasteiger partial charge < -0.3 is 9.72 Å². The fourth-order valence-corrected chi connectivity index (χ4v) is 3.80. The molecule has 0 radical (unpaired) electrons. The van der Waals surface area contributed by atoms with E-state index in [9.17, 15) is 4.79 Å². The molecule has 4 rings (SSSR count). The lowest BCUT2D eigenvalue weighted by atomic mass is 10.1. The minimum absolute atomic E-state index is 0.0641. The van der Waals surface area contributed by atoms with Gasteiger partial charge in [0.2, 0.25) is 0 Å². The van der Waals surface area contributed by atoms with Crippen LogP contribution in [-0.2, 0) is 13.1 Å². The second-order valence-corrected chi connectivity index (χ2v) is 7.40. The third kappa shape index (κ3) is 4.08. The van der Waals surface area contributed by atoms with Crippen LogP contribution in [0.5, 0.6) is 5.75 Å². The molecule has 2 heterocycles. The third-order valence-corrected chi connectivity index (χ3v) is 5.33. The lowest BCUT2D eigenvalue weighted by Crippen LogP contribution is -2.45. The monoisotopic (exact) mass is 378 g/mol. The largest absolute Gasteiger partial charge is 0.496 e. The van der Waals surface area contributed by atoms with Crippen molar-refractivity contribution in [1.29, 1.82) is 0 Å². The van der Waals surface area contributed by atoms with Gasteiger partial charge in [0.15, 0.2) is 0 Å². The number of methoxy groups -OCH3 is 1. The van der Waals surface area contributed by atoms with E-state index in [1.165, 1.54) is 11.1 Å². The first-order valence-corrected chi connectivity index (χ1v) is 9.68. The van der Waals surface area contributed by atoms with Crippen LogP contribution in [0.1, 0.15) is 17.0 Å². The molecule has 0 spiro atoms. The number of aromatic amines is 1. The highest BCUT2D eigenvalue weighted by Crippen LogP contribution is 2.22. The van der Waals surface area contributed by atoms with Gasteiger partial charge in [0.1, 0.15) is 11.6 Å². The Morgan fingerprint density at radius 1 is 1.04 bits per heavy atom. The van der Waals surface area contributed by atoms with Gasteiger partial charge in [-0.15, -0.1) is 0 Å². The van der Waals surface area contributed by atoms with Crippen molar-refractivity contribution in [3.63, 3.8) is 0 Å². The number of nitrogens with one attached hydrogen (secondary N) is 1. The van der Waals surface area contributed by atoms with Crippen LogP contribution in [0.2, 0.25) is 0 Å². The Balaban J connectivity index is 1.38. The molecule has 0 bridgehead atoms. The molecule has 1 fully saturated rings. The van der Waals surface area contributed by atoms with Crippen LogP contribution in [-0.4, -0.2) is 53.1 Å². The quantitative estimate of drug-likeness (QED) is 0.739. The highest BCUT2D eigenvalue weighted by atomic mass is 16.5. The minimum atomic E-state index is -0.0641. The van der Waals surface area contributed by atoms with E-state index in [0.717, 1.165) is 49.8 Å². The number of aryl methyl sites for hydroxylation is 1. The second-order valence-electron chi connectivity index (χ2n) is 7.40. The van der Waals surface area contributed by atoms with Crippen molar-refractivity contribution < 1.29 is 4.74 Å². The van der Waals surface area contributed by atoms with E-state index in [1.807, 2.05) is 30.3 Å². The zero-order valence-corrected chi connectivity index (χ0v) is 16.4. The summed E-state index contributed by atoms with van der Waals surface area (Å²) in [5.41, 5.74) is 3.18. The number of para-hydroxylation sites is 1. The first-order valence-electron chi connectivity index (χ1n) is 9.68. The first kappa shape index (κ1) is 18.7. The number of piperazine rings is 1. The Morgan fingerprint density at radius 3 is 2.50 bits per heavy atom. The van der Waals surface area contributed by atoms with E-state index in [1.54, 1.807) is 7.11 Å². The molecular formula is C22H26N4O2. The lowest BCUT2D eigenvalue weighted by Gasteiger charge is -2.34.